The molecular weight excluding hydrogens is 411 g/mol. The van der Waals surface area contributed by atoms with Gasteiger partial charge in [-0.05, 0) is 92.8 Å². The largest absolute Gasteiger partial charge is 0.466 e. The molecule has 2 aliphatic carbocycles. The van der Waals surface area contributed by atoms with Gasteiger partial charge in [-0.2, -0.15) is 0 Å². The highest BCUT2D eigenvalue weighted by molar-refractivity contribution is 7.76. The van der Waals surface area contributed by atoms with Gasteiger partial charge in [-0.1, -0.05) is 47.0 Å². The van der Waals surface area contributed by atoms with Gasteiger partial charge in [0.2, 0.25) is 0 Å². The average Bonchev–Trinajstić information content (AvgIpc) is 3.14. The van der Waals surface area contributed by atoms with Gasteiger partial charge in [0, 0.05) is 20.3 Å². The van der Waals surface area contributed by atoms with E-state index in [1.54, 1.807) is 6.16 Å². The van der Waals surface area contributed by atoms with E-state index in [2.05, 4.69) is 34.4 Å². The van der Waals surface area contributed by atoms with Crippen molar-refractivity contribution in [1.82, 2.24) is 0 Å². The molecule has 2 nitrogen and oxygen atoms in total. The highest BCUT2D eigenvalue weighted by atomic mass is 31.2. The third kappa shape index (κ3) is 4.70. The van der Waals surface area contributed by atoms with E-state index in [9.17, 15) is 4.79 Å². The van der Waals surface area contributed by atoms with Crippen LogP contribution in [0.3, 0.4) is 0 Å². The zero-order valence-corrected chi connectivity index (χ0v) is 22.8. The molecule has 32 heavy (non-hydrogen) atoms. The van der Waals surface area contributed by atoms with E-state index in [0.717, 1.165) is 41.9 Å². The zero-order valence-electron chi connectivity index (χ0n) is 21.9. The Labute approximate surface area is 199 Å². The van der Waals surface area contributed by atoms with E-state index in [4.69, 9.17) is 4.74 Å². The second kappa shape index (κ2) is 10.3. The average molecular weight is 464 g/mol. The summed E-state index contributed by atoms with van der Waals surface area (Å²) in [5.74, 6) is 4.48. The zero-order chi connectivity index (χ0) is 22.9. The third-order valence-corrected chi connectivity index (χ3v) is 17.0. The first kappa shape index (κ1) is 25.0. The number of hydrogen-bond donors (Lipinski definition) is 0. The van der Waals surface area contributed by atoms with Gasteiger partial charge in [-0.25, -0.2) is 0 Å². The van der Waals surface area contributed by atoms with Crippen LogP contribution in [0.1, 0.15) is 111 Å². The molecule has 2 saturated carbocycles. The second-order valence-electron chi connectivity index (χ2n) is 12.9. The van der Waals surface area contributed by atoms with Crippen molar-refractivity contribution in [2.45, 2.75) is 122 Å². The van der Waals surface area contributed by atoms with E-state index in [1.165, 1.54) is 64.2 Å². The van der Waals surface area contributed by atoms with Crippen LogP contribution in [-0.4, -0.2) is 36.7 Å². The lowest BCUT2D eigenvalue weighted by Crippen LogP contribution is -2.51. The van der Waals surface area contributed by atoms with Crippen molar-refractivity contribution in [3.05, 3.63) is 0 Å². The Hall–Kier alpha value is -0.100. The first-order valence-electron chi connectivity index (χ1n) is 14.3. The summed E-state index contributed by atoms with van der Waals surface area (Å²) in [6.45, 7) is 13.0. The Balaban J connectivity index is 1.33. The number of ether oxygens (including phenoxy) is 1. The number of hydrogen-bond acceptors (Lipinski definition) is 2. The summed E-state index contributed by atoms with van der Waals surface area (Å²) in [6, 6.07) is 0. The predicted molar refractivity (Wildman–Crippen MR) is 139 cm³/mol. The summed E-state index contributed by atoms with van der Waals surface area (Å²) in [4.78, 5) is 12.3. The lowest BCUT2D eigenvalue weighted by molar-refractivity contribution is -0.144. The topological polar surface area (TPSA) is 26.3 Å². The summed E-state index contributed by atoms with van der Waals surface area (Å²) in [6.07, 6.45) is 19.0. The molecule has 0 aromatic heterocycles. The molecule has 2 heterocycles. The quantitative estimate of drug-likeness (QED) is 0.268. The molecule has 0 radical (unpaired) electrons. The number of esters is 1. The molecule has 184 valence electrons. The molecule has 0 aromatic carbocycles. The first-order chi connectivity index (χ1) is 15.3. The molecule has 2 saturated heterocycles. The number of fused-ring (bicyclic) bond motifs is 5. The van der Waals surface area contributed by atoms with E-state index in [1.807, 2.05) is 0 Å². The fourth-order valence-corrected chi connectivity index (χ4v) is 15.1. The van der Waals surface area contributed by atoms with Crippen LogP contribution in [0.4, 0.5) is 0 Å². The Morgan fingerprint density at radius 2 is 1.88 bits per heavy atom. The summed E-state index contributed by atoms with van der Waals surface area (Å²) >= 11 is 0. The molecule has 0 aromatic rings. The predicted octanol–water partition coefficient (Wildman–Crippen LogP) is 8.19. The maximum Gasteiger partial charge on any atom is 0.305 e. The van der Waals surface area contributed by atoms with E-state index in [0.29, 0.717) is 30.3 Å². The number of carbonyl (C=O) groups excluding carboxylic acids is 1. The maximum atomic E-state index is 12.3. The molecule has 4 fully saturated rings. The maximum absolute atomic E-state index is 12.3. The molecule has 4 aliphatic rings. The lowest BCUT2D eigenvalue weighted by Gasteiger charge is -2.58. The third-order valence-electron chi connectivity index (χ3n) is 11.4. The second-order valence-corrected chi connectivity index (χ2v) is 17.4. The SMILES string of the molecule is CCC(C)CCOC(=O)CC[C@H](C)C1CCC2[C@@H]3CC[C@@H]4CCCC[C@]4(C)C3CC[P+]21C. The van der Waals surface area contributed by atoms with Crippen LogP contribution >= 0.6 is 7.26 Å². The summed E-state index contributed by atoms with van der Waals surface area (Å²) < 4.78 is 5.56. The summed E-state index contributed by atoms with van der Waals surface area (Å²) in [5.41, 5.74) is 2.63. The van der Waals surface area contributed by atoms with Crippen molar-refractivity contribution in [2.75, 3.05) is 19.4 Å². The Kier molecular flexibility index (Phi) is 8.01. The molecule has 5 unspecified atom stereocenters. The number of rotatable bonds is 8. The van der Waals surface area contributed by atoms with Crippen LogP contribution in [0.2, 0.25) is 0 Å². The van der Waals surface area contributed by atoms with Gasteiger partial charge in [-0.3, -0.25) is 4.79 Å². The molecule has 0 bridgehead atoms. The van der Waals surface area contributed by atoms with Crippen molar-refractivity contribution in [2.24, 2.45) is 35.0 Å². The van der Waals surface area contributed by atoms with Crippen LogP contribution < -0.4 is 0 Å². The van der Waals surface area contributed by atoms with Crippen molar-refractivity contribution in [3.8, 4) is 0 Å². The normalized spacial score (nSPS) is 43.0. The molecule has 3 heteroatoms. The highest BCUT2D eigenvalue weighted by Crippen LogP contribution is 2.79. The summed E-state index contributed by atoms with van der Waals surface area (Å²) in [7, 11) is -0.907. The fraction of sp³-hybridized carbons (Fsp3) is 0.966. The van der Waals surface area contributed by atoms with Crippen LogP contribution in [-0.2, 0) is 9.53 Å². The molecule has 0 N–H and O–H groups in total. The van der Waals surface area contributed by atoms with Crippen LogP contribution in [0.5, 0.6) is 0 Å². The van der Waals surface area contributed by atoms with Gasteiger partial charge in [0.25, 0.3) is 0 Å². The molecule has 4 rings (SSSR count). The van der Waals surface area contributed by atoms with Crippen molar-refractivity contribution in [3.63, 3.8) is 0 Å². The monoisotopic (exact) mass is 463 g/mol. The Bertz CT molecular complexity index is 649. The molecule has 2 aliphatic heterocycles. The van der Waals surface area contributed by atoms with Gasteiger partial charge >= 0.3 is 5.97 Å². The minimum atomic E-state index is -0.907. The smallest absolute Gasteiger partial charge is 0.305 e. The van der Waals surface area contributed by atoms with Gasteiger partial charge in [0.05, 0.1) is 24.1 Å². The van der Waals surface area contributed by atoms with E-state index < -0.39 is 7.26 Å². The van der Waals surface area contributed by atoms with Crippen LogP contribution in [0.25, 0.3) is 0 Å². The van der Waals surface area contributed by atoms with Crippen molar-refractivity contribution in [1.29, 1.82) is 0 Å². The van der Waals surface area contributed by atoms with E-state index in [-0.39, 0.29) is 5.97 Å². The minimum absolute atomic E-state index is 0.0467. The Morgan fingerprint density at radius 3 is 2.66 bits per heavy atom. The van der Waals surface area contributed by atoms with Crippen LogP contribution in [0.15, 0.2) is 0 Å². The first-order valence-corrected chi connectivity index (χ1v) is 16.9. The van der Waals surface area contributed by atoms with Gasteiger partial charge in [-0.15, -0.1) is 0 Å². The van der Waals surface area contributed by atoms with Crippen molar-refractivity contribution >= 4 is 13.2 Å². The van der Waals surface area contributed by atoms with Gasteiger partial charge < -0.3 is 4.74 Å². The van der Waals surface area contributed by atoms with Crippen LogP contribution in [0, 0.1) is 35.0 Å². The standard InChI is InChI=1S/C29H52O2P/c1-6-21(2)16-19-31-28(30)15-10-22(3)26-13-14-27-24-12-11-23-9-7-8-18-29(23,4)25(24)17-20-32(26,27)5/h21-27H,6-20H2,1-5H3/q+1/t21?,22-,23-,24+,25?,26?,27?,29-,32?/m0/s1. The van der Waals surface area contributed by atoms with Gasteiger partial charge in [0.15, 0.2) is 0 Å². The highest BCUT2D eigenvalue weighted by Gasteiger charge is 2.64. The molecule has 9 atom stereocenters. The number of carbonyl (C=O) groups is 1. The van der Waals surface area contributed by atoms with E-state index >= 15 is 0 Å². The van der Waals surface area contributed by atoms with Crippen molar-refractivity contribution < 1.29 is 9.53 Å². The molecular formula is C29H52O2P+. The minimum Gasteiger partial charge on any atom is -0.466 e. The molecule has 0 amide bonds. The summed E-state index contributed by atoms with van der Waals surface area (Å²) in [5, 5.41) is 0. The molecule has 0 spiro atoms. The fourth-order valence-electron chi connectivity index (χ4n) is 9.11. The lowest BCUT2D eigenvalue weighted by atomic mass is 9.51. The Morgan fingerprint density at radius 1 is 1.06 bits per heavy atom. The van der Waals surface area contributed by atoms with Gasteiger partial charge in [0.1, 0.15) is 0 Å².